The summed E-state index contributed by atoms with van der Waals surface area (Å²) in [4.78, 5) is 11.7. The van der Waals surface area contributed by atoms with E-state index in [0.29, 0.717) is 18.9 Å². The Morgan fingerprint density at radius 2 is 2.24 bits per heavy atom. The van der Waals surface area contributed by atoms with E-state index in [1.165, 1.54) is 10.7 Å². The third kappa shape index (κ3) is 4.48. The van der Waals surface area contributed by atoms with E-state index >= 15 is 0 Å². The van der Waals surface area contributed by atoms with Crippen molar-refractivity contribution in [1.82, 2.24) is 9.78 Å². The molecule has 0 fully saturated rings. The van der Waals surface area contributed by atoms with Gasteiger partial charge in [-0.2, -0.15) is 5.10 Å². The van der Waals surface area contributed by atoms with Crippen LogP contribution in [0.3, 0.4) is 0 Å². The van der Waals surface area contributed by atoms with Gasteiger partial charge in [-0.15, -0.1) is 0 Å². The van der Waals surface area contributed by atoms with Gasteiger partial charge in [-0.3, -0.25) is 4.79 Å². The first kappa shape index (κ1) is 14.8. The zero-order valence-electron chi connectivity index (χ0n) is 11.7. The number of aryl methyl sites for hydroxylation is 1. The second kappa shape index (κ2) is 7.27. The molecular formula is C16H16N2O3. The molecule has 0 spiro atoms. The van der Waals surface area contributed by atoms with Gasteiger partial charge in [0.15, 0.2) is 0 Å². The number of hydrogen-bond donors (Lipinski definition) is 1. The Morgan fingerprint density at radius 1 is 1.38 bits per heavy atom. The van der Waals surface area contributed by atoms with Gasteiger partial charge in [0, 0.05) is 11.6 Å². The summed E-state index contributed by atoms with van der Waals surface area (Å²) in [5.74, 6) is 6.06. The maximum Gasteiger partial charge on any atom is 0.267 e. The summed E-state index contributed by atoms with van der Waals surface area (Å²) in [6.45, 7) is 2.37. The quantitative estimate of drug-likeness (QED) is 0.850. The molecule has 2 rings (SSSR count). The second-order valence-electron chi connectivity index (χ2n) is 4.43. The third-order valence-electron chi connectivity index (χ3n) is 2.72. The Morgan fingerprint density at radius 3 is 3.00 bits per heavy atom. The van der Waals surface area contributed by atoms with E-state index in [2.05, 4.69) is 16.9 Å². The molecule has 1 heterocycles. The highest BCUT2D eigenvalue weighted by Crippen LogP contribution is 2.12. The molecule has 0 saturated heterocycles. The van der Waals surface area contributed by atoms with E-state index < -0.39 is 0 Å². The highest BCUT2D eigenvalue weighted by atomic mass is 16.5. The van der Waals surface area contributed by atoms with Crippen molar-refractivity contribution >= 4 is 0 Å². The smallest absolute Gasteiger partial charge is 0.267 e. The first-order valence-corrected chi connectivity index (χ1v) is 6.55. The molecule has 1 N–H and O–H groups in total. The first-order valence-electron chi connectivity index (χ1n) is 6.55. The molecule has 0 atom stereocenters. The Labute approximate surface area is 122 Å². The van der Waals surface area contributed by atoms with Gasteiger partial charge in [0.25, 0.3) is 5.56 Å². The van der Waals surface area contributed by atoms with Gasteiger partial charge >= 0.3 is 0 Å². The lowest BCUT2D eigenvalue weighted by atomic mass is 10.2. The summed E-state index contributed by atoms with van der Waals surface area (Å²) in [5, 5.41) is 12.7. The van der Waals surface area contributed by atoms with Gasteiger partial charge in [0.2, 0.25) is 0 Å². The summed E-state index contributed by atoms with van der Waals surface area (Å²) in [7, 11) is 0. The Hall–Kier alpha value is -2.58. The highest BCUT2D eigenvalue weighted by Gasteiger charge is 1.99. The molecule has 5 nitrogen and oxygen atoms in total. The molecule has 0 aliphatic rings. The Kier molecular flexibility index (Phi) is 5.13. The number of benzene rings is 1. The molecular weight excluding hydrogens is 268 g/mol. The van der Waals surface area contributed by atoms with E-state index in [1.807, 2.05) is 25.1 Å². The van der Waals surface area contributed by atoms with E-state index in [0.717, 1.165) is 11.1 Å². The van der Waals surface area contributed by atoms with Crippen LogP contribution < -0.4 is 10.3 Å². The van der Waals surface area contributed by atoms with Crippen LogP contribution in [0, 0.1) is 18.8 Å². The fourth-order valence-electron chi connectivity index (χ4n) is 1.75. The molecule has 21 heavy (non-hydrogen) atoms. The molecule has 0 radical (unpaired) electrons. The maximum absolute atomic E-state index is 11.7. The average Bonchev–Trinajstić information content (AvgIpc) is 2.48. The van der Waals surface area contributed by atoms with Crippen LogP contribution in [0.2, 0.25) is 0 Å². The van der Waals surface area contributed by atoms with Crippen molar-refractivity contribution in [2.24, 2.45) is 0 Å². The van der Waals surface area contributed by atoms with Crippen molar-refractivity contribution in [3.05, 3.63) is 58.0 Å². The first-order chi connectivity index (χ1) is 10.2. The second-order valence-corrected chi connectivity index (χ2v) is 4.43. The van der Waals surface area contributed by atoms with Gasteiger partial charge in [-0.25, -0.2) is 4.68 Å². The molecule has 0 bridgehead atoms. The van der Waals surface area contributed by atoms with Crippen molar-refractivity contribution < 1.29 is 9.84 Å². The van der Waals surface area contributed by atoms with Crippen molar-refractivity contribution in [2.75, 3.05) is 13.2 Å². The van der Waals surface area contributed by atoms with Crippen molar-refractivity contribution in [3.63, 3.8) is 0 Å². The van der Waals surface area contributed by atoms with Crippen LogP contribution in [0.15, 0.2) is 41.3 Å². The molecule has 0 unspecified atom stereocenters. The minimum atomic E-state index is -0.174. The van der Waals surface area contributed by atoms with Crippen LogP contribution in [-0.2, 0) is 6.54 Å². The van der Waals surface area contributed by atoms with Crippen molar-refractivity contribution in [3.8, 4) is 17.6 Å². The predicted octanol–water partition coefficient (Wildman–Crippen LogP) is 0.975. The fraction of sp³-hybridized carbons (Fsp3) is 0.250. The Balaban J connectivity index is 1.95. The number of nitrogens with zero attached hydrogens (tertiary/aromatic N) is 2. The van der Waals surface area contributed by atoms with Crippen LogP contribution >= 0.6 is 0 Å². The van der Waals surface area contributed by atoms with Crippen molar-refractivity contribution in [2.45, 2.75) is 13.5 Å². The number of ether oxygens (including phenoxy) is 1. The predicted molar refractivity (Wildman–Crippen MR) is 79.1 cm³/mol. The lowest BCUT2D eigenvalue weighted by Gasteiger charge is -2.07. The Bertz CT molecular complexity index is 726. The molecule has 0 aliphatic carbocycles. The standard InChI is InChI=1S/C16H16N2O3/c1-13-10-16(20)18(17-12-13)7-9-21-15-6-2-4-14(11-15)5-3-8-19/h2,4,6,10-12,19H,7-9H2,1H3. The van der Waals surface area contributed by atoms with Crippen molar-refractivity contribution in [1.29, 1.82) is 0 Å². The van der Waals surface area contributed by atoms with Gasteiger partial charge in [-0.05, 0) is 30.7 Å². The summed E-state index contributed by atoms with van der Waals surface area (Å²) >= 11 is 0. The number of aromatic nitrogens is 2. The molecule has 0 aliphatic heterocycles. The fourth-order valence-corrected chi connectivity index (χ4v) is 1.75. The normalized spacial score (nSPS) is 9.81. The highest BCUT2D eigenvalue weighted by molar-refractivity contribution is 5.39. The summed E-state index contributed by atoms with van der Waals surface area (Å²) in [5.41, 5.74) is 1.47. The van der Waals surface area contributed by atoms with Gasteiger partial charge in [-0.1, -0.05) is 17.9 Å². The van der Waals surface area contributed by atoms with Gasteiger partial charge in [0.1, 0.15) is 19.0 Å². The van der Waals surface area contributed by atoms with E-state index in [4.69, 9.17) is 9.84 Å². The summed E-state index contributed by atoms with van der Waals surface area (Å²) in [6, 6.07) is 8.80. The number of aliphatic hydroxyl groups excluding tert-OH is 1. The van der Waals surface area contributed by atoms with E-state index in [1.54, 1.807) is 12.3 Å². The molecule has 5 heteroatoms. The van der Waals surface area contributed by atoms with Crippen LogP contribution in [0.25, 0.3) is 0 Å². The topological polar surface area (TPSA) is 64.3 Å². The molecule has 1 aromatic heterocycles. The zero-order chi connectivity index (χ0) is 15.1. The molecule has 108 valence electrons. The monoisotopic (exact) mass is 284 g/mol. The maximum atomic E-state index is 11.7. The minimum Gasteiger partial charge on any atom is -0.492 e. The van der Waals surface area contributed by atoms with Crippen LogP contribution in [0.5, 0.6) is 5.75 Å². The largest absolute Gasteiger partial charge is 0.492 e. The van der Waals surface area contributed by atoms with E-state index in [-0.39, 0.29) is 12.2 Å². The van der Waals surface area contributed by atoms with E-state index in [9.17, 15) is 4.79 Å². The molecule has 0 saturated carbocycles. The average molecular weight is 284 g/mol. The zero-order valence-corrected chi connectivity index (χ0v) is 11.7. The number of hydrogen-bond acceptors (Lipinski definition) is 4. The molecule has 2 aromatic rings. The third-order valence-corrected chi connectivity index (χ3v) is 2.72. The van der Waals surface area contributed by atoms with Gasteiger partial charge in [0.05, 0.1) is 12.7 Å². The minimum absolute atomic E-state index is 0.138. The van der Waals surface area contributed by atoms with Crippen LogP contribution in [0.1, 0.15) is 11.1 Å². The van der Waals surface area contributed by atoms with Gasteiger partial charge < -0.3 is 9.84 Å². The lowest BCUT2D eigenvalue weighted by Crippen LogP contribution is -2.25. The summed E-state index contributed by atoms with van der Waals surface area (Å²) in [6.07, 6.45) is 1.65. The lowest BCUT2D eigenvalue weighted by molar-refractivity contribution is 0.287. The number of aliphatic hydroxyl groups is 1. The SMILES string of the molecule is Cc1cnn(CCOc2cccc(C#CCO)c2)c(=O)c1. The van der Waals surface area contributed by atoms with Crippen LogP contribution in [-0.4, -0.2) is 28.1 Å². The van der Waals surface area contributed by atoms with Crippen LogP contribution in [0.4, 0.5) is 0 Å². The summed E-state index contributed by atoms with van der Waals surface area (Å²) < 4.78 is 6.95. The molecule has 1 aromatic carbocycles. The number of rotatable bonds is 4. The molecule has 0 amide bonds.